The third-order valence-corrected chi connectivity index (χ3v) is 2.97. The number of aliphatic hydroxyl groups excluding tert-OH is 1. The summed E-state index contributed by atoms with van der Waals surface area (Å²) in [6.45, 7) is 0.315. The van der Waals surface area contributed by atoms with Crippen molar-refractivity contribution in [1.82, 2.24) is 0 Å². The molecule has 0 aromatic heterocycles. The van der Waals surface area contributed by atoms with E-state index in [1.165, 1.54) is 6.07 Å². The average Bonchev–Trinajstić information content (AvgIpc) is 3.19. The van der Waals surface area contributed by atoms with Crippen molar-refractivity contribution in [2.45, 2.75) is 18.9 Å². The minimum atomic E-state index is -0.491. The first-order valence-electron chi connectivity index (χ1n) is 5.78. The summed E-state index contributed by atoms with van der Waals surface area (Å²) in [6.07, 6.45) is 2.55. The van der Waals surface area contributed by atoms with E-state index < -0.39 is 4.92 Å². The second-order valence-electron chi connectivity index (χ2n) is 4.27. The van der Waals surface area contributed by atoms with Crippen molar-refractivity contribution in [2.24, 2.45) is 0 Å². The van der Waals surface area contributed by atoms with Crippen LogP contribution in [-0.4, -0.2) is 35.5 Å². The van der Waals surface area contributed by atoms with Crippen LogP contribution in [0, 0.1) is 10.1 Å². The van der Waals surface area contributed by atoms with E-state index in [1.807, 2.05) is 4.90 Å². The molecule has 6 heteroatoms. The van der Waals surface area contributed by atoms with Crippen molar-refractivity contribution < 1.29 is 14.8 Å². The number of aliphatic hydroxyl groups is 1. The smallest absolute Gasteiger partial charge is 0.293 e. The van der Waals surface area contributed by atoms with E-state index in [0.717, 1.165) is 12.8 Å². The molecule has 0 spiro atoms. The molecule has 1 saturated carbocycles. The Hall–Kier alpha value is -1.95. The van der Waals surface area contributed by atoms with Crippen LogP contribution in [0.1, 0.15) is 23.2 Å². The first kappa shape index (κ1) is 12.5. The van der Waals surface area contributed by atoms with Gasteiger partial charge in [0, 0.05) is 24.2 Å². The molecule has 0 atom stereocenters. The Morgan fingerprint density at radius 2 is 2.22 bits per heavy atom. The Kier molecular flexibility index (Phi) is 3.57. The average molecular weight is 250 g/mol. The van der Waals surface area contributed by atoms with Crippen molar-refractivity contribution in [3.05, 3.63) is 33.9 Å². The monoisotopic (exact) mass is 250 g/mol. The summed E-state index contributed by atoms with van der Waals surface area (Å²) < 4.78 is 0. The lowest BCUT2D eigenvalue weighted by Gasteiger charge is -2.23. The first-order valence-corrected chi connectivity index (χ1v) is 5.78. The van der Waals surface area contributed by atoms with Crippen LogP contribution < -0.4 is 4.90 Å². The fraction of sp³-hybridized carbons (Fsp3) is 0.417. The highest BCUT2D eigenvalue weighted by molar-refractivity contribution is 5.79. The maximum absolute atomic E-state index is 11.0. The highest BCUT2D eigenvalue weighted by Gasteiger charge is 2.32. The van der Waals surface area contributed by atoms with Gasteiger partial charge >= 0.3 is 0 Å². The minimum absolute atomic E-state index is 0.0525. The van der Waals surface area contributed by atoms with Gasteiger partial charge in [-0.1, -0.05) is 0 Å². The van der Waals surface area contributed by atoms with Gasteiger partial charge in [-0.05, 0) is 25.0 Å². The molecule has 0 amide bonds. The number of nitrogens with zero attached hydrogens (tertiary/aromatic N) is 2. The first-order chi connectivity index (χ1) is 8.67. The maximum atomic E-state index is 11.0. The molecule has 1 aliphatic rings. The largest absolute Gasteiger partial charge is 0.395 e. The van der Waals surface area contributed by atoms with Crippen molar-refractivity contribution >= 4 is 17.7 Å². The molecule has 1 aliphatic carbocycles. The quantitative estimate of drug-likeness (QED) is 0.468. The van der Waals surface area contributed by atoms with Gasteiger partial charge in [0.15, 0.2) is 0 Å². The van der Waals surface area contributed by atoms with Gasteiger partial charge in [0.1, 0.15) is 12.0 Å². The van der Waals surface area contributed by atoms with E-state index in [2.05, 4.69) is 0 Å². The van der Waals surface area contributed by atoms with Crippen LogP contribution in [0.15, 0.2) is 18.2 Å². The SMILES string of the molecule is O=Cc1ccc(N(CCO)C2CC2)c([N+](=O)[O-])c1. The van der Waals surface area contributed by atoms with E-state index >= 15 is 0 Å². The third-order valence-electron chi connectivity index (χ3n) is 2.97. The second-order valence-corrected chi connectivity index (χ2v) is 4.27. The Morgan fingerprint density at radius 1 is 1.50 bits per heavy atom. The number of carbonyl (C=O) groups is 1. The Morgan fingerprint density at radius 3 is 2.72 bits per heavy atom. The number of nitro groups is 1. The fourth-order valence-corrected chi connectivity index (χ4v) is 2.00. The molecular weight excluding hydrogens is 236 g/mol. The zero-order valence-electron chi connectivity index (χ0n) is 9.78. The molecule has 0 heterocycles. The molecular formula is C12H14N2O4. The number of rotatable bonds is 6. The predicted octanol–water partition coefficient (Wildman–Crippen LogP) is 1.37. The van der Waals surface area contributed by atoms with E-state index in [0.29, 0.717) is 18.5 Å². The number of hydrogen-bond donors (Lipinski definition) is 1. The summed E-state index contributed by atoms with van der Waals surface area (Å²) in [5, 5.41) is 20.1. The number of anilines is 1. The van der Waals surface area contributed by atoms with Gasteiger partial charge < -0.3 is 10.0 Å². The van der Waals surface area contributed by atoms with Gasteiger partial charge in [-0.25, -0.2) is 0 Å². The third kappa shape index (κ3) is 2.48. The molecule has 0 saturated heterocycles. The van der Waals surface area contributed by atoms with Gasteiger partial charge in [-0.3, -0.25) is 14.9 Å². The molecule has 96 valence electrons. The second kappa shape index (κ2) is 5.14. The zero-order chi connectivity index (χ0) is 13.1. The summed E-state index contributed by atoms with van der Waals surface area (Å²) in [4.78, 5) is 23.0. The van der Waals surface area contributed by atoms with Crippen LogP contribution in [0.2, 0.25) is 0 Å². The van der Waals surface area contributed by atoms with E-state index in [4.69, 9.17) is 5.11 Å². The molecule has 6 nitrogen and oxygen atoms in total. The van der Waals surface area contributed by atoms with Crippen LogP contribution in [-0.2, 0) is 0 Å². The molecule has 1 aromatic carbocycles. The van der Waals surface area contributed by atoms with Crippen molar-refractivity contribution in [3.63, 3.8) is 0 Å². The van der Waals surface area contributed by atoms with E-state index in [1.54, 1.807) is 12.1 Å². The Labute approximate surface area is 104 Å². The van der Waals surface area contributed by atoms with Crippen molar-refractivity contribution in [1.29, 1.82) is 0 Å². The van der Waals surface area contributed by atoms with Gasteiger partial charge in [0.05, 0.1) is 11.5 Å². The topological polar surface area (TPSA) is 83.7 Å². The number of hydrogen-bond acceptors (Lipinski definition) is 5. The van der Waals surface area contributed by atoms with E-state index in [-0.39, 0.29) is 23.9 Å². The molecule has 0 aliphatic heterocycles. The lowest BCUT2D eigenvalue weighted by molar-refractivity contribution is -0.384. The molecule has 0 unspecified atom stereocenters. The molecule has 18 heavy (non-hydrogen) atoms. The molecule has 1 fully saturated rings. The lowest BCUT2D eigenvalue weighted by atomic mass is 10.1. The van der Waals surface area contributed by atoms with Crippen LogP contribution >= 0.6 is 0 Å². The molecule has 0 radical (unpaired) electrons. The van der Waals surface area contributed by atoms with Crippen molar-refractivity contribution in [3.8, 4) is 0 Å². The van der Waals surface area contributed by atoms with Gasteiger partial charge in [-0.2, -0.15) is 0 Å². The number of nitro benzene ring substituents is 1. The highest BCUT2D eigenvalue weighted by Crippen LogP contribution is 2.36. The summed E-state index contributed by atoms with van der Waals surface area (Å²) in [7, 11) is 0. The summed E-state index contributed by atoms with van der Waals surface area (Å²) in [5.41, 5.74) is 0.673. The van der Waals surface area contributed by atoms with Crippen LogP contribution in [0.4, 0.5) is 11.4 Å². The molecule has 0 bridgehead atoms. The number of aldehydes is 1. The zero-order valence-corrected chi connectivity index (χ0v) is 9.78. The van der Waals surface area contributed by atoms with Gasteiger partial charge in [0.2, 0.25) is 0 Å². The number of carbonyl (C=O) groups excluding carboxylic acids is 1. The van der Waals surface area contributed by atoms with Crippen LogP contribution in [0.25, 0.3) is 0 Å². The van der Waals surface area contributed by atoms with Crippen LogP contribution in [0.3, 0.4) is 0 Å². The summed E-state index contributed by atoms with van der Waals surface area (Å²) >= 11 is 0. The number of benzene rings is 1. The normalized spacial score (nSPS) is 14.3. The minimum Gasteiger partial charge on any atom is -0.395 e. The Bertz CT molecular complexity index is 471. The summed E-state index contributed by atoms with van der Waals surface area (Å²) in [5.74, 6) is 0. The van der Waals surface area contributed by atoms with E-state index in [9.17, 15) is 14.9 Å². The van der Waals surface area contributed by atoms with Crippen LogP contribution in [0.5, 0.6) is 0 Å². The fourth-order valence-electron chi connectivity index (χ4n) is 2.00. The standard InChI is InChI=1S/C12H14N2O4/c15-6-5-13(10-2-3-10)11-4-1-9(8-16)7-12(11)14(17)18/h1,4,7-8,10,15H,2-3,5-6H2. The molecule has 1 N–H and O–H groups in total. The predicted molar refractivity (Wildman–Crippen MR) is 65.9 cm³/mol. The molecule has 2 rings (SSSR count). The Balaban J connectivity index is 2.40. The highest BCUT2D eigenvalue weighted by atomic mass is 16.6. The van der Waals surface area contributed by atoms with Gasteiger partial charge in [-0.15, -0.1) is 0 Å². The van der Waals surface area contributed by atoms with Gasteiger partial charge in [0.25, 0.3) is 5.69 Å². The maximum Gasteiger partial charge on any atom is 0.293 e. The lowest BCUT2D eigenvalue weighted by Crippen LogP contribution is -2.29. The molecule has 1 aromatic rings. The van der Waals surface area contributed by atoms with Crippen molar-refractivity contribution in [2.75, 3.05) is 18.1 Å². The summed E-state index contributed by atoms with van der Waals surface area (Å²) in [6, 6.07) is 4.67.